The standard InChI is InChI=1S/C21H23ClN2O3/c1-15-17(22)10-6-11-18(15)23-19(25)21(2)12-7-13-24(21)20(26)27-14-16-8-4-3-5-9-16/h3-6,8-11H,7,12-14H2,1-2H3,(H,23,25). The third-order valence-corrected chi connectivity index (χ3v) is 5.48. The van der Waals surface area contributed by atoms with Crippen molar-refractivity contribution in [2.45, 2.75) is 38.8 Å². The van der Waals surface area contributed by atoms with E-state index in [2.05, 4.69) is 5.32 Å². The normalized spacial score (nSPS) is 19.0. The van der Waals surface area contributed by atoms with Crippen LogP contribution in [0.4, 0.5) is 10.5 Å². The molecule has 1 saturated heterocycles. The molecule has 2 aromatic carbocycles. The van der Waals surface area contributed by atoms with E-state index in [1.54, 1.807) is 25.1 Å². The molecular formula is C21H23ClN2O3. The minimum atomic E-state index is -0.956. The number of halogens is 1. The van der Waals surface area contributed by atoms with Gasteiger partial charge in [-0.1, -0.05) is 48.0 Å². The molecule has 1 heterocycles. The fourth-order valence-corrected chi connectivity index (χ4v) is 3.46. The van der Waals surface area contributed by atoms with Crippen LogP contribution in [0.25, 0.3) is 0 Å². The zero-order valence-corrected chi connectivity index (χ0v) is 16.3. The third-order valence-electron chi connectivity index (χ3n) is 5.07. The number of rotatable bonds is 4. The van der Waals surface area contributed by atoms with E-state index in [0.29, 0.717) is 23.7 Å². The summed E-state index contributed by atoms with van der Waals surface area (Å²) < 4.78 is 5.44. The Labute approximate surface area is 164 Å². The summed E-state index contributed by atoms with van der Waals surface area (Å²) in [6.45, 7) is 4.30. The molecule has 3 rings (SSSR count). The van der Waals surface area contributed by atoms with Crippen molar-refractivity contribution >= 4 is 29.3 Å². The van der Waals surface area contributed by atoms with Gasteiger partial charge in [0.15, 0.2) is 0 Å². The van der Waals surface area contributed by atoms with Crippen LogP contribution in [0.1, 0.15) is 30.9 Å². The van der Waals surface area contributed by atoms with Gasteiger partial charge in [0.05, 0.1) is 0 Å². The van der Waals surface area contributed by atoms with Gasteiger partial charge >= 0.3 is 6.09 Å². The van der Waals surface area contributed by atoms with Crippen LogP contribution in [-0.2, 0) is 16.1 Å². The molecule has 27 heavy (non-hydrogen) atoms. The van der Waals surface area contributed by atoms with Crippen molar-refractivity contribution in [3.8, 4) is 0 Å². The minimum Gasteiger partial charge on any atom is -0.445 e. The van der Waals surface area contributed by atoms with Crippen LogP contribution in [-0.4, -0.2) is 29.0 Å². The molecule has 1 aliphatic heterocycles. The second-order valence-corrected chi connectivity index (χ2v) is 7.34. The summed E-state index contributed by atoms with van der Waals surface area (Å²) in [5.41, 5.74) is 1.40. The highest BCUT2D eigenvalue weighted by molar-refractivity contribution is 6.31. The number of nitrogens with one attached hydrogen (secondary N) is 1. The molecule has 0 aromatic heterocycles. The predicted molar refractivity (Wildman–Crippen MR) is 106 cm³/mol. The first-order valence-electron chi connectivity index (χ1n) is 8.97. The Morgan fingerprint density at radius 1 is 1.19 bits per heavy atom. The monoisotopic (exact) mass is 386 g/mol. The van der Waals surface area contributed by atoms with Crippen LogP contribution >= 0.6 is 11.6 Å². The molecule has 2 aromatic rings. The average molecular weight is 387 g/mol. The number of carbonyl (C=O) groups is 2. The van der Waals surface area contributed by atoms with E-state index in [0.717, 1.165) is 17.5 Å². The lowest BCUT2D eigenvalue weighted by molar-refractivity contribution is -0.125. The second kappa shape index (κ2) is 8.01. The van der Waals surface area contributed by atoms with Gasteiger partial charge in [-0.2, -0.15) is 0 Å². The summed E-state index contributed by atoms with van der Waals surface area (Å²) in [4.78, 5) is 27.1. The number of nitrogens with zero attached hydrogens (tertiary/aromatic N) is 1. The van der Waals surface area contributed by atoms with Gasteiger partial charge < -0.3 is 10.1 Å². The van der Waals surface area contributed by atoms with Crippen molar-refractivity contribution in [1.82, 2.24) is 4.90 Å². The summed E-state index contributed by atoms with van der Waals surface area (Å²) in [6.07, 6.45) is 0.856. The summed E-state index contributed by atoms with van der Waals surface area (Å²) in [6, 6.07) is 14.8. The number of carbonyl (C=O) groups excluding carboxylic acids is 2. The number of amides is 2. The Kier molecular flexibility index (Phi) is 5.71. The highest BCUT2D eigenvalue weighted by Crippen LogP contribution is 2.32. The summed E-state index contributed by atoms with van der Waals surface area (Å²) in [5.74, 6) is -0.234. The molecule has 1 aliphatic rings. The largest absolute Gasteiger partial charge is 0.445 e. The summed E-state index contributed by atoms with van der Waals surface area (Å²) in [7, 11) is 0. The number of anilines is 1. The quantitative estimate of drug-likeness (QED) is 0.822. The Bertz CT molecular complexity index is 841. The van der Waals surface area contributed by atoms with Crippen molar-refractivity contribution in [2.75, 3.05) is 11.9 Å². The molecule has 0 aliphatic carbocycles. The van der Waals surface area contributed by atoms with Crippen LogP contribution < -0.4 is 5.32 Å². The van der Waals surface area contributed by atoms with Crippen LogP contribution in [0.2, 0.25) is 5.02 Å². The Balaban J connectivity index is 1.70. The molecule has 2 amide bonds. The van der Waals surface area contributed by atoms with E-state index in [9.17, 15) is 9.59 Å². The van der Waals surface area contributed by atoms with E-state index in [1.165, 1.54) is 4.90 Å². The molecule has 1 unspecified atom stereocenters. The van der Waals surface area contributed by atoms with Crippen LogP contribution in [0, 0.1) is 6.92 Å². The molecule has 1 N–H and O–H groups in total. The topological polar surface area (TPSA) is 58.6 Å². The SMILES string of the molecule is Cc1c(Cl)cccc1NC(=O)C1(C)CCCN1C(=O)OCc1ccccc1. The maximum atomic E-state index is 13.0. The van der Waals surface area contributed by atoms with Gasteiger partial charge in [-0.05, 0) is 49.9 Å². The second-order valence-electron chi connectivity index (χ2n) is 6.94. The first-order chi connectivity index (χ1) is 12.9. The van der Waals surface area contributed by atoms with Gasteiger partial charge in [-0.25, -0.2) is 4.79 Å². The molecule has 0 spiro atoms. The van der Waals surface area contributed by atoms with Crippen molar-refractivity contribution in [1.29, 1.82) is 0 Å². The van der Waals surface area contributed by atoms with Gasteiger partial charge in [0.1, 0.15) is 12.1 Å². The zero-order chi connectivity index (χ0) is 19.4. The van der Waals surface area contributed by atoms with Gasteiger partial charge in [-0.3, -0.25) is 9.69 Å². The van der Waals surface area contributed by atoms with Crippen LogP contribution in [0.3, 0.4) is 0 Å². The smallest absolute Gasteiger partial charge is 0.410 e. The van der Waals surface area contributed by atoms with E-state index < -0.39 is 11.6 Å². The lowest BCUT2D eigenvalue weighted by atomic mass is 9.97. The maximum absolute atomic E-state index is 13.0. The predicted octanol–water partition coefficient (Wildman–Crippen LogP) is 4.78. The van der Waals surface area contributed by atoms with Crippen LogP contribution in [0.5, 0.6) is 0 Å². The summed E-state index contributed by atoms with van der Waals surface area (Å²) in [5, 5.41) is 3.51. The molecule has 1 atom stereocenters. The first kappa shape index (κ1) is 19.2. The molecule has 6 heteroatoms. The zero-order valence-electron chi connectivity index (χ0n) is 15.5. The highest BCUT2D eigenvalue weighted by atomic mass is 35.5. The van der Waals surface area contributed by atoms with Crippen molar-refractivity contribution in [3.63, 3.8) is 0 Å². The molecule has 5 nitrogen and oxygen atoms in total. The number of hydrogen-bond donors (Lipinski definition) is 1. The van der Waals surface area contributed by atoms with Gasteiger partial charge in [-0.15, -0.1) is 0 Å². The van der Waals surface area contributed by atoms with E-state index >= 15 is 0 Å². The van der Waals surface area contributed by atoms with Crippen molar-refractivity contribution in [3.05, 3.63) is 64.7 Å². The van der Waals surface area contributed by atoms with E-state index in [1.807, 2.05) is 37.3 Å². The van der Waals surface area contributed by atoms with Gasteiger partial charge in [0, 0.05) is 17.3 Å². The first-order valence-corrected chi connectivity index (χ1v) is 9.34. The van der Waals surface area contributed by atoms with Gasteiger partial charge in [0.25, 0.3) is 0 Å². The molecule has 1 fully saturated rings. The Hall–Kier alpha value is -2.53. The van der Waals surface area contributed by atoms with Gasteiger partial charge in [0.2, 0.25) is 5.91 Å². The molecule has 142 valence electrons. The lowest BCUT2D eigenvalue weighted by Gasteiger charge is -2.33. The molecule has 0 bridgehead atoms. The van der Waals surface area contributed by atoms with Crippen LogP contribution in [0.15, 0.2) is 48.5 Å². The molecule has 0 saturated carbocycles. The fraction of sp³-hybridized carbons (Fsp3) is 0.333. The van der Waals surface area contributed by atoms with Crippen molar-refractivity contribution < 1.29 is 14.3 Å². The van der Waals surface area contributed by atoms with E-state index in [4.69, 9.17) is 16.3 Å². The fourth-order valence-electron chi connectivity index (χ4n) is 3.29. The Morgan fingerprint density at radius 3 is 2.67 bits per heavy atom. The third kappa shape index (κ3) is 4.08. The number of ether oxygens (including phenoxy) is 1. The Morgan fingerprint density at radius 2 is 1.93 bits per heavy atom. The minimum absolute atomic E-state index is 0.182. The number of benzene rings is 2. The van der Waals surface area contributed by atoms with E-state index in [-0.39, 0.29) is 12.5 Å². The average Bonchev–Trinajstić information content (AvgIpc) is 3.07. The molecule has 0 radical (unpaired) electrons. The molecular weight excluding hydrogens is 364 g/mol. The lowest BCUT2D eigenvalue weighted by Crippen LogP contribution is -2.53. The maximum Gasteiger partial charge on any atom is 0.410 e. The number of likely N-dealkylation sites (tertiary alicyclic amines) is 1. The highest BCUT2D eigenvalue weighted by Gasteiger charge is 2.46. The number of hydrogen-bond acceptors (Lipinski definition) is 3. The van der Waals surface area contributed by atoms with Crippen molar-refractivity contribution in [2.24, 2.45) is 0 Å². The summed E-state index contributed by atoms with van der Waals surface area (Å²) >= 11 is 6.13.